The van der Waals surface area contributed by atoms with Crippen LogP contribution >= 0.6 is 0 Å². The molecule has 0 saturated carbocycles. The van der Waals surface area contributed by atoms with Gasteiger partial charge in [0.05, 0.1) is 15.5 Å². The number of amides is 2. The minimum atomic E-state index is -3.80. The summed E-state index contributed by atoms with van der Waals surface area (Å²) in [6, 6.07) is 10.8. The van der Waals surface area contributed by atoms with E-state index in [-0.39, 0.29) is 21.9 Å². The Bertz CT molecular complexity index is 1060. The molecule has 0 spiro atoms. The smallest absolute Gasteiger partial charge is 0.408 e. The van der Waals surface area contributed by atoms with Crippen molar-refractivity contribution in [1.82, 2.24) is 4.90 Å². The quantitative estimate of drug-likeness (QED) is 0.741. The van der Waals surface area contributed by atoms with Crippen LogP contribution in [0.1, 0.15) is 26.3 Å². The number of fused-ring (bicyclic) bond motifs is 1. The molecule has 1 atom stereocenters. The van der Waals surface area contributed by atoms with Crippen LogP contribution in [0, 0.1) is 0 Å². The molecule has 3 rings (SSSR count). The molecule has 0 aliphatic carbocycles. The number of sulfone groups is 1. The van der Waals surface area contributed by atoms with Crippen molar-refractivity contribution < 1.29 is 28.3 Å². The lowest BCUT2D eigenvalue weighted by Gasteiger charge is -2.42. The van der Waals surface area contributed by atoms with E-state index in [1.807, 2.05) is 0 Å². The fourth-order valence-corrected chi connectivity index (χ4v) is 4.81. The van der Waals surface area contributed by atoms with E-state index in [2.05, 4.69) is 0 Å². The van der Waals surface area contributed by atoms with Crippen molar-refractivity contribution >= 4 is 27.5 Å². The van der Waals surface area contributed by atoms with E-state index in [0.29, 0.717) is 10.6 Å². The van der Waals surface area contributed by atoms with Gasteiger partial charge < -0.3 is 5.11 Å². The summed E-state index contributed by atoms with van der Waals surface area (Å²) >= 11 is 0. The van der Waals surface area contributed by atoms with Gasteiger partial charge in [-0.25, -0.2) is 13.2 Å². The van der Waals surface area contributed by atoms with Gasteiger partial charge in [0.25, 0.3) is 5.91 Å². The molecule has 1 aliphatic heterocycles. The summed E-state index contributed by atoms with van der Waals surface area (Å²) in [6.45, 7) is 4.92. The van der Waals surface area contributed by atoms with E-state index in [0.717, 1.165) is 4.90 Å². The highest BCUT2D eigenvalue weighted by atomic mass is 32.2. The third kappa shape index (κ3) is 3.70. The fraction of sp³-hybridized carbons (Fsp3) is 0.300. The number of carbonyl (C=O) groups excluding carboxylic acids is 1. The molecule has 0 bridgehead atoms. The minimum Gasteiger partial charge on any atom is -0.465 e. The number of hydrogen-bond acceptors (Lipinski definition) is 5. The molecular formula is C20H22N2O6S. The van der Waals surface area contributed by atoms with Crippen LogP contribution in [0.3, 0.4) is 0 Å². The zero-order valence-electron chi connectivity index (χ0n) is 16.2. The second-order valence-electron chi connectivity index (χ2n) is 7.80. The first-order valence-corrected chi connectivity index (χ1v) is 10.4. The predicted molar refractivity (Wildman–Crippen MR) is 105 cm³/mol. The van der Waals surface area contributed by atoms with Gasteiger partial charge in [-0.1, -0.05) is 18.2 Å². The third-order valence-electron chi connectivity index (χ3n) is 4.79. The van der Waals surface area contributed by atoms with Gasteiger partial charge in [0.1, 0.15) is 6.04 Å². The number of anilines is 1. The Kier molecular flexibility index (Phi) is 5.14. The Balaban J connectivity index is 2.07. The van der Waals surface area contributed by atoms with Gasteiger partial charge in [0.2, 0.25) is 9.84 Å². The maximum atomic E-state index is 12.9. The monoisotopic (exact) mass is 418 g/mol. The minimum absolute atomic E-state index is 0.00147. The molecule has 29 heavy (non-hydrogen) atoms. The van der Waals surface area contributed by atoms with Crippen molar-refractivity contribution in [2.45, 2.75) is 48.6 Å². The highest BCUT2D eigenvalue weighted by Crippen LogP contribution is 2.34. The number of carbonyl (C=O) groups is 2. The Morgan fingerprint density at radius 3 is 2.28 bits per heavy atom. The first-order chi connectivity index (χ1) is 13.4. The number of carboxylic acid groups (broad SMARTS) is 1. The van der Waals surface area contributed by atoms with E-state index >= 15 is 0 Å². The van der Waals surface area contributed by atoms with Gasteiger partial charge in [-0.2, -0.15) is 5.06 Å². The van der Waals surface area contributed by atoms with Gasteiger partial charge in [-0.05, 0) is 56.7 Å². The van der Waals surface area contributed by atoms with Crippen LogP contribution in [-0.2, 0) is 21.1 Å². The van der Waals surface area contributed by atoms with E-state index in [1.165, 1.54) is 30.3 Å². The van der Waals surface area contributed by atoms with Gasteiger partial charge in [0, 0.05) is 12.0 Å². The van der Waals surface area contributed by atoms with Crippen LogP contribution in [0.25, 0.3) is 0 Å². The summed E-state index contributed by atoms with van der Waals surface area (Å²) in [5, 5.41) is 20.3. The Hall–Kier alpha value is -2.91. The van der Waals surface area contributed by atoms with Crippen molar-refractivity contribution in [2.24, 2.45) is 0 Å². The first-order valence-electron chi connectivity index (χ1n) is 8.93. The topological polar surface area (TPSA) is 115 Å². The molecule has 8 nitrogen and oxygen atoms in total. The molecule has 9 heteroatoms. The SMILES string of the molecule is CC(C)(C)N(C(=O)O)[C@H]1Cc2cc(S(=O)(=O)c3ccccc3)ccc2N(O)C1=O. The molecule has 1 heterocycles. The largest absolute Gasteiger partial charge is 0.465 e. The number of benzene rings is 2. The molecule has 2 N–H and O–H groups in total. The van der Waals surface area contributed by atoms with Crippen LogP contribution < -0.4 is 5.06 Å². The molecule has 0 unspecified atom stereocenters. The van der Waals surface area contributed by atoms with Gasteiger partial charge >= 0.3 is 6.09 Å². The molecule has 154 valence electrons. The van der Waals surface area contributed by atoms with Crippen molar-refractivity contribution in [1.29, 1.82) is 0 Å². The molecular weight excluding hydrogens is 396 g/mol. The summed E-state index contributed by atoms with van der Waals surface area (Å²) in [5.41, 5.74) is -0.403. The lowest BCUT2D eigenvalue weighted by atomic mass is 9.94. The maximum absolute atomic E-state index is 12.9. The Morgan fingerprint density at radius 2 is 1.72 bits per heavy atom. The van der Waals surface area contributed by atoms with Crippen LogP contribution in [0.2, 0.25) is 0 Å². The normalized spacial score (nSPS) is 17.0. The number of nitrogens with zero attached hydrogens (tertiary/aromatic N) is 2. The van der Waals surface area contributed by atoms with Gasteiger partial charge in [-0.15, -0.1) is 0 Å². The van der Waals surface area contributed by atoms with Crippen LogP contribution in [0.5, 0.6) is 0 Å². The second-order valence-corrected chi connectivity index (χ2v) is 9.75. The zero-order valence-corrected chi connectivity index (χ0v) is 17.0. The first kappa shape index (κ1) is 20.8. The van der Waals surface area contributed by atoms with E-state index in [4.69, 9.17) is 0 Å². The average Bonchev–Trinajstić information content (AvgIpc) is 2.64. The lowest BCUT2D eigenvalue weighted by Crippen LogP contribution is -2.59. The van der Waals surface area contributed by atoms with Crippen LogP contribution in [-0.4, -0.2) is 47.2 Å². The van der Waals surface area contributed by atoms with Crippen molar-refractivity contribution in [3.05, 3.63) is 54.1 Å². The molecule has 0 saturated heterocycles. The van der Waals surface area contributed by atoms with E-state index < -0.39 is 33.4 Å². The van der Waals surface area contributed by atoms with Gasteiger partial charge in [-0.3, -0.25) is 14.9 Å². The third-order valence-corrected chi connectivity index (χ3v) is 6.56. The summed E-state index contributed by atoms with van der Waals surface area (Å²) in [7, 11) is -3.80. The standard InChI is InChI=1S/C20H22N2O6S/c1-20(2,3)21(19(24)25)17-12-13-11-15(9-10-16(13)22(26)18(17)23)29(27,28)14-7-5-4-6-8-14/h4-11,17,26H,12H2,1-3H3,(H,24,25)/t17-/m0/s1. The number of hydroxylamine groups is 1. The molecule has 0 aromatic heterocycles. The summed E-state index contributed by atoms with van der Waals surface area (Å²) in [6.07, 6.45) is -1.35. The molecule has 0 radical (unpaired) electrons. The average molecular weight is 418 g/mol. The van der Waals surface area contributed by atoms with Crippen molar-refractivity contribution in [2.75, 3.05) is 5.06 Å². The maximum Gasteiger partial charge on any atom is 0.408 e. The predicted octanol–water partition coefficient (Wildman–Crippen LogP) is 2.94. The summed E-state index contributed by atoms with van der Waals surface area (Å²) < 4.78 is 25.8. The zero-order chi connectivity index (χ0) is 21.6. The van der Waals surface area contributed by atoms with Crippen molar-refractivity contribution in [3.8, 4) is 0 Å². The van der Waals surface area contributed by atoms with Crippen LogP contribution in [0.4, 0.5) is 10.5 Å². The molecule has 0 fully saturated rings. The summed E-state index contributed by atoms with van der Waals surface area (Å²) in [5.74, 6) is -0.784. The van der Waals surface area contributed by atoms with Crippen molar-refractivity contribution in [3.63, 3.8) is 0 Å². The second kappa shape index (κ2) is 7.16. The summed E-state index contributed by atoms with van der Waals surface area (Å²) in [4.78, 5) is 25.5. The molecule has 2 amide bonds. The van der Waals surface area contributed by atoms with Crippen LogP contribution in [0.15, 0.2) is 58.3 Å². The van der Waals surface area contributed by atoms with E-state index in [9.17, 15) is 28.3 Å². The highest BCUT2D eigenvalue weighted by molar-refractivity contribution is 7.91. The Morgan fingerprint density at radius 1 is 1.10 bits per heavy atom. The van der Waals surface area contributed by atoms with E-state index in [1.54, 1.807) is 39.0 Å². The molecule has 2 aromatic rings. The molecule has 2 aromatic carbocycles. The number of rotatable bonds is 3. The highest BCUT2D eigenvalue weighted by Gasteiger charge is 2.43. The number of hydrogen-bond donors (Lipinski definition) is 2. The molecule has 1 aliphatic rings. The van der Waals surface area contributed by atoms with Gasteiger partial charge in [0.15, 0.2) is 0 Å². The fourth-order valence-electron chi connectivity index (χ4n) is 3.48. The lowest BCUT2D eigenvalue weighted by molar-refractivity contribution is -0.130. The Labute approximate surface area is 168 Å².